The van der Waals surface area contributed by atoms with E-state index in [9.17, 15) is 14.7 Å². The van der Waals surface area contributed by atoms with Gasteiger partial charge in [0.2, 0.25) is 11.6 Å². The van der Waals surface area contributed by atoms with E-state index >= 15 is 0 Å². The number of aliphatic hydroxyl groups is 1. The molecule has 0 radical (unpaired) electrons. The van der Waals surface area contributed by atoms with Crippen LogP contribution < -0.4 is 0 Å². The van der Waals surface area contributed by atoms with Crippen LogP contribution in [0.1, 0.15) is 105 Å². The van der Waals surface area contributed by atoms with E-state index in [1.165, 1.54) is 0 Å². The monoisotopic (exact) mass is 559 g/mol. The molecule has 7 heteroatoms. The van der Waals surface area contributed by atoms with Crippen LogP contribution in [-0.4, -0.2) is 33.4 Å². The van der Waals surface area contributed by atoms with Crippen molar-refractivity contribution in [2.75, 3.05) is 6.61 Å². The number of allylic oxidation sites excluding steroid dienone is 4. The second-order valence-electron chi connectivity index (χ2n) is 15.9. The van der Waals surface area contributed by atoms with Gasteiger partial charge in [0.1, 0.15) is 0 Å². The van der Waals surface area contributed by atoms with Crippen LogP contribution in [-0.2, 0) is 21.4 Å². The summed E-state index contributed by atoms with van der Waals surface area (Å²) in [7, 11) is 0. The highest BCUT2D eigenvalue weighted by Crippen LogP contribution is 2.74. The van der Waals surface area contributed by atoms with Gasteiger partial charge in [-0.05, 0) is 79.1 Å². The van der Waals surface area contributed by atoms with E-state index in [0.717, 1.165) is 50.5 Å². The lowest BCUT2D eigenvalue weighted by Crippen LogP contribution is -2.65. The first kappa shape index (κ1) is 28.5. The molecule has 41 heavy (non-hydrogen) atoms. The van der Waals surface area contributed by atoms with Crippen molar-refractivity contribution < 1.29 is 19.2 Å². The second-order valence-corrected chi connectivity index (χ2v) is 15.9. The minimum atomic E-state index is -0.661. The minimum Gasteiger partial charge on any atom is -0.396 e. The first-order valence-electron chi connectivity index (χ1n) is 15.5. The van der Waals surface area contributed by atoms with Crippen molar-refractivity contribution in [3.63, 3.8) is 0 Å². The van der Waals surface area contributed by atoms with Crippen LogP contribution in [0.5, 0.6) is 0 Å². The number of fused-ring (bicyclic) bond motifs is 7. The number of carbonyl (C=O) groups excluding carboxylic acids is 2. The molecule has 7 atom stereocenters. The Morgan fingerprint density at radius 2 is 1.76 bits per heavy atom. The van der Waals surface area contributed by atoms with Crippen molar-refractivity contribution in [2.24, 2.45) is 44.8 Å². The summed E-state index contributed by atoms with van der Waals surface area (Å²) in [6.45, 7) is 23.3. The molecule has 0 bridgehead atoms. The molecule has 6 rings (SSSR count). The van der Waals surface area contributed by atoms with Gasteiger partial charge in [-0.3, -0.25) is 4.79 Å². The molecule has 1 aromatic rings. The fraction of sp³-hybridized carbons (Fsp3) is 0.735. The van der Waals surface area contributed by atoms with Crippen molar-refractivity contribution in [1.29, 1.82) is 0 Å². The molecule has 0 saturated heterocycles. The number of aromatic nitrogens is 2. The SMILES string of the molecule is [C-]#[N+]C1=C[C@]2(C)C3=CC(=O)[C@@H]4[C@@H]5CC(C)(C)CC[C@]5(c5nc(CCO)no5)CC[C@@]4(C)[C@]3(C)CC[C@H]2C(C)(C)C1=O. The number of rotatable bonds is 3. The highest BCUT2D eigenvalue weighted by Gasteiger charge is 2.70. The maximum atomic E-state index is 14.6. The van der Waals surface area contributed by atoms with Gasteiger partial charge in [-0.1, -0.05) is 65.3 Å². The highest BCUT2D eigenvalue weighted by molar-refractivity contribution is 6.03. The average Bonchev–Trinajstić information content (AvgIpc) is 3.37. The first-order chi connectivity index (χ1) is 19.1. The van der Waals surface area contributed by atoms with E-state index in [2.05, 4.69) is 44.6 Å². The molecule has 3 fully saturated rings. The smallest absolute Gasteiger partial charge is 0.233 e. The fourth-order valence-corrected chi connectivity index (χ4v) is 10.6. The largest absolute Gasteiger partial charge is 0.396 e. The molecular formula is C34H45N3O4. The molecule has 220 valence electrons. The standard InChI is InChI=1S/C34H45N3O4/c1-29(2)12-14-34(28-36-25(10-16-38)37-41-28)15-13-33(7)26(20(34)18-29)22(39)17-24-31(5)19-21(35-8)27(40)30(3,4)23(31)9-11-32(24,33)6/h17,19-20,23,26,38H,9-16,18H2,1-7H3/t20-,23-,26-,31-,32+,33+,34-/m0/s1. The van der Waals surface area contributed by atoms with Gasteiger partial charge < -0.3 is 14.4 Å². The number of Topliss-reactive ketones (excluding diaryl/α,β-unsaturated/α-hetero) is 1. The van der Waals surface area contributed by atoms with Crippen molar-refractivity contribution in [3.05, 3.63) is 46.6 Å². The number of ketones is 2. The Balaban J connectivity index is 1.51. The quantitative estimate of drug-likeness (QED) is 0.429. The third-order valence-corrected chi connectivity index (χ3v) is 13.1. The van der Waals surface area contributed by atoms with Crippen LogP contribution >= 0.6 is 0 Å². The molecule has 0 spiro atoms. The zero-order valence-electron chi connectivity index (χ0n) is 25.8. The summed E-state index contributed by atoms with van der Waals surface area (Å²) in [5.74, 6) is 1.21. The lowest BCUT2D eigenvalue weighted by Gasteiger charge is -2.69. The van der Waals surface area contributed by atoms with E-state index in [-0.39, 0.29) is 63.3 Å². The highest BCUT2D eigenvalue weighted by atomic mass is 16.5. The van der Waals surface area contributed by atoms with E-state index in [4.69, 9.17) is 16.1 Å². The first-order valence-corrected chi connectivity index (χ1v) is 15.5. The van der Waals surface area contributed by atoms with Gasteiger partial charge in [0, 0.05) is 23.2 Å². The predicted molar refractivity (Wildman–Crippen MR) is 154 cm³/mol. The molecular weight excluding hydrogens is 514 g/mol. The van der Waals surface area contributed by atoms with Gasteiger partial charge in [-0.25, -0.2) is 4.85 Å². The Kier molecular flexibility index (Phi) is 6.07. The molecule has 1 heterocycles. The molecule has 0 aromatic carbocycles. The van der Waals surface area contributed by atoms with Gasteiger partial charge >= 0.3 is 0 Å². The zero-order chi connectivity index (χ0) is 29.8. The molecule has 3 saturated carbocycles. The van der Waals surface area contributed by atoms with Crippen molar-refractivity contribution in [1.82, 2.24) is 10.1 Å². The molecule has 7 nitrogen and oxygen atoms in total. The summed E-state index contributed by atoms with van der Waals surface area (Å²) in [6, 6.07) is 0. The second kappa shape index (κ2) is 8.72. The van der Waals surface area contributed by atoms with Crippen molar-refractivity contribution in [3.8, 4) is 0 Å². The zero-order valence-corrected chi connectivity index (χ0v) is 25.8. The molecule has 1 aromatic heterocycles. The summed E-state index contributed by atoms with van der Waals surface area (Å²) in [5.41, 5.74) is -0.642. The van der Waals surface area contributed by atoms with Crippen LogP contribution in [0.25, 0.3) is 4.85 Å². The van der Waals surface area contributed by atoms with E-state index in [0.29, 0.717) is 18.1 Å². The minimum absolute atomic E-state index is 0.0284. The molecule has 5 aliphatic carbocycles. The maximum absolute atomic E-state index is 14.6. The Bertz CT molecular complexity index is 1430. The fourth-order valence-electron chi connectivity index (χ4n) is 10.6. The lowest BCUT2D eigenvalue weighted by molar-refractivity contribution is -0.161. The molecule has 1 N–H and O–H groups in total. The topological polar surface area (TPSA) is 97.7 Å². The van der Waals surface area contributed by atoms with Crippen LogP contribution in [0.2, 0.25) is 0 Å². The number of aliphatic hydroxyl groups excluding tert-OH is 1. The molecule has 0 aliphatic heterocycles. The number of nitrogens with zero attached hydrogens (tertiary/aromatic N) is 3. The number of hydrogen-bond donors (Lipinski definition) is 1. The summed E-state index contributed by atoms with van der Waals surface area (Å²) in [5, 5.41) is 13.7. The van der Waals surface area contributed by atoms with Crippen LogP contribution in [0.3, 0.4) is 0 Å². The summed E-state index contributed by atoms with van der Waals surface area (Å²) in [4.78, 5) is 36.4. The van der Waals surface area contributed by atoms with E-state index in [1.807, 2.05) is 26.0 Å². The van der Waals surface area contributed by atoms with E-state index < -0.39 is 10.8 Å². The van der Waals surface area contributed by atoms with Crippen LogP contribution in [0.4, 0.5) is 0 Å². The Hall–Kier alpha value is -2.59. The molecule has 0 amide bonds. The maximum Gasteiger partial charge on any atom is 0.233 e. The van der Waals surface area contributed by atoms with Gasteiger partial charge in [0.25, 0.3) is 0 Å². The summed E-state index contributed by atoms with van der Waals surface area (Å²) < 4.78 is 5.94. The predicted octanol–water partition coefficient (Wildman–Crippen LogP) is 6.43. The molecule has 0 unspecified atom stereocenters. The van der Waals surface area contributed by atoms with Gasteiger partial charge in [-0.2, -0.15) is 4.98 Å². The van der Waals surface area contributed by atoms with Crippen molar-refractivity contribution >= 4 is 11.6 Å². The third kappa shape index (κ3) is 3.58. The Morgan fingerprint density at radius 1 is 1.05 bits per heavy atom. The van der Waals surface area contributed by atoms with Crippen LogP contribution in [0.15, 0.2) is 27.9 Å². The number of hydrogen-bond acceptors (Lipinski definition) is 6. The molecule has 5 aliphatic rings. The van der Waals surface area contributed by atoms with Gasteiger partial charge in [0.05, 0.1) is 18.6 Å². The van der Waals surface area contributed by atoms with E-state index in [1.54, 1.807) is 0 Å². The third-order valence-electron chi connectivity index (χ3n) is 13.1. The van der Waals surface area contributed by atoms with Crippen molar-refractivity contribution in [2.45, 2.75) is 105 Å². The Morgan fingerprint density at radius 3 is 2.44 bits per heavy atom. The summed E-state index contributed by atoms with van der Waals surface area (Å²) in [6.07, 6.45) is 10.6. The Labute approximate surface area is 244 Å². The average molecular weight is 560 g/mol. The van der Waals surface area contributed by atoms with Gasteiger partial charge in [-0.15, -0.1) is 0 Å². The van der Waals surface area contributed by atoms with Crippen LogP contribution in [0, 0.1) is 51.4 Å². The van der Waals surface area contributed by atoms with Gasteiger partial charge in [0.15, 0.2) is 17.4 Å². The lowest BCUT2D eigenvalue weighted by atomic mass is 9.34. The number of carbonyl (C=O) groups is 2. The normalized spacial score (nSPS) is 42.6. The summed E-state index contributed by atoms with van der Waals surface area (Å²) >= 11 is 0.